The van der Waals surface area contributed by atoms with Crippen molar-refractivity contribution in [2.75, 3.05) is 24.7 Å². The molecule has 1 unspecified atom stereocenters. The van der Waals surface area contributed by atoms with Gasteiger partial charge in [-0.25, -0.2) is 13.6 Å². The van der Waals surface area contributed by atoms with Crippen molar-refractivity contribution in [3.63, 3.8) is 0 Å². The molecule has 0 spiro atoms. The summed E-state index contributed by atoms with van der Waals surface area (Å²) in [5, 5.41) is 13.9. The van der Waals surface area contributed by atoms with E-state index in [1.54, 1.807) is 42.9 Å². The summed E-state index contributed by atoms with van der Waals surface area (Å²) in [6.07, 6.45) is 3.36. The van der Waals surface area contributed by atoms with Crippen molar-refractivity contribution < 1.29 is 17.8 Å². The summed E-state index contributed by atoms with van der Waals surface area (Å²) >= 11 is 0. The lowest BCUT2D eigenvalue weighted by Gasteiger charge is -2.20. The van der Waals surface area contributed by atoms with Gasteiger partial charge in [0.2, 0.25) is 0 Å². The number of nitrogens with zero attached hydrogens (tertiary/aromatic N) is 4. The van der Waals surface area contributed by atoms with Crippen LogP contribution >= 0.6 is 0 Å². The van der Waals surface area contributed by atoms with Crippen LogP contribution in [0.25, 0.3) is 55.8 Å². The van der Waals surface area contributed by atoms with Crippen molar-refractivity contribution in [3.8, 4) is 40.0 Å². The van der Waals surface area contributed by atoms with Gasteiger partial charge >= 0.3 is 0 Å². The molecule has 8 nitrogen and oxygen atoms in total. The van der Waals surface area contributed by atoms with Gasteiger partial charge < -0.3 is 14.3 Å². The largest absolute Gasteiger partial charge is 0.455 e. The Bertz CT molecular complexity index is 2230. The van der Waals surface area contributed by atoms with E-state index in [2.05, 4.69) is 22.0 Å². The Morgan fingerprint density at radius 2 is 1.91 bits per heavy atom. The second kappa shape index (κ2) is 11.0. The molecule has 0 bridgehead atoms. The standard InChI is InChI=1S/C35H28FN5O3S/c1-38-35(42)32-26-16-25(29(40(2)45(3)43)18-31(26)44-34(32)21-9-12-23(36)13-10-21)27-14-11-20-7-5-15-41-28-8-4-6-22(19-37)24(28)17-30(41)33(20)39-27/h4,6,8-14,16-18H,5,7,15H2,1-3H3,(H,38,42). The van der Waals surface area contributed by atoms with Crippen LogP contribution in [0.4, 0.5) is 10.1 Å². The summed E-state index contributed by atoms with van der Waals surface area (Å²) < 4.78 is 36.7. The number of rotatable bonds is 5. The first-order valence-electron chi connectivity index (χ1n) is 14.5. The van der Waals surface area contributed by atoms with Gasteiger partial charge in [0.1, 0.15) is 28.1 Å². The fourth-order valence-corrected chi connectivity index (χ4v) is 6.63. The fourth-order valence-electron chi connectivity index (χ4n) is 6.20. The molecule has 0 saturated heterocycles. The zero-order valence-electron chi connectivity index (χ0n) is 24.8. The Hall–Kier alpha value is -5.27. The van der Waals surface area contributed by atoms with E-state index in [1.807, 2.05) is 36.4 Å². The number of amides is 1. The van der Waals surface area contributed by atoms with E-state index in [1.165, 1.54) is 12.1 Å². The number of benzene rings is 3. The van der Waals surface area contributed by atoms with E-state index in [0.717, 1.165) is 47.2 Å². The third-order valence-electron chi connectivity index (χ3n) is 8.48. The van der Waals surface area contributed by atoms with Gasteiger partial charge in [-0.2, -0.15) is 5.26 Å². The van der Waals surface area contributed by atoms with Gasteiger partial charge in [-0.1, -0.05) is 12.1 Å². The van der Waals surface area contributed by atoms with Gasteiger partial charge in [0.25, 0.3) is 5.91 Å². The van der Waals surface area contributed by atoms with Crippen molar-refractivity contribution in [2.45, 2.75) is 19.4 Å². The van der Waals surface area contributed by atoms with E-state index >= 15 is 0 Å². The quantitative estimate of drug-likeness (QED) is 0.228. The molecule has 0 fully saturated rings. The number of furan rings is 1. The summed E-state index contributed by atoms with van der Waals surface area (Å²) in [5.41, 5.74) is 7.66. The molecule has 1 aliphatic heterocycles. The van der Waals surface area contributed by atoms with Gasteiger partial charge in [0.15, 0.2) is 0 Å². The number of pyridine rings is 1. The van der Waals surface area contributed by atoms with E-state index < -0.39 is 16.8 Å². The Labute approximate surface area is 261 Å². The lowest BCUT2D eigenvalue weighted by atomic mass is 9.99. The number of nitrogens with one attached hydrogen (secondary N) is 1. The molecule has 3 aromatic heterocycles. The predicted octanol–water partition coefficient (Wildman–Crippen LogP) is 6.83. The zero-order chi connectivity index (χ0) is 31.4. The van der Waals surface area contributed by atoms with E-state index in [0.29, 0.717) is 50.4 Å². The maximum absolute atomic E-state index is 13.8. The first kappa shape index (κ1) is 28.5. The minimum atomic E-state index is -1.38. The molecule has 1 atom stereocenters. The molecule has 1 N–H and O–H groups in total. The average molecular weight is 618 g/mol. The third-order valence-corrected chi connectivity index (χ3v) is 9.45. The van der Waals surface area contributed by atoms with Gasteiger partial charge in [-0.15, -0.1) is 0 Å². The van der Waals surface area contributed by atoms with Gasteiger partial charge in [0, 0.05) is 60.4 Å². The number of aromatic nitrogens is 2. The molecule has 6 aromatic rings. The monoisotopic (exact) mass is 617 g/mol. The second-order valence-electron chi connectivity index (χ2n) is 11.0. The summed E-state index contributed by atoms with van der Waals surface area (Å²) in [5.74, 6) is -0.447. The normalized spacial score (nSPS) is 13.1. The number of anilines is 1. The molecule has 1 amide bonds. The molecule has 3 aromatic carbocycles. The van der Waals surface area contributed by atoms with Crippen LogP contribution in [0.1, 0.15) is 27.9 Å². The van der Waals surface area contributed by atoms with Gasteiger partial charge in [-0.3, -0.25) is 9.10 Å². The molecule has 4 heterocycles. The maximum Gasteiger partial charge on any atom is 0.255 e. The van der Waals surface area contributed by atoms with Gasteiger partial charge in [0.05, 0.1) is 40.0 Å². The number of hydrogen-bond acceptors (Lipinski definition) is 5. The Morgan fingerprint density at radius 3 is 2.64 bits per heavy atom. The van der Waals surface area contributed by atoms with E-state index in [-0.39, 0.29) is 5.91 Å². The van der Waals surface area contributed by atoms with Crippen LogP contribution in [0.2, 0.25) is 0 Å². The molecular formula is C35H28FN5O3S. The molecule has 0 aliphatic carbocycles. The van der Waals surface area contributed by atoms with Crippen LogP contribution < -0.4 is 9.62 Å². The molecule has 0 radical (unpaired) electrons. The maximum atomic E-state index is 13.8. The molecule has 0 saturated carbocycles. The first-order chi connectivity index (χ1) is 21.8. The molecular weight excluding hydrogens is 589 g/mol. The van der Waals surface area contributed by atoms with Crippen LogP contribution in [-0.4, -0.2) is 40.0 Å². The smallest absolute Gasteiger partial charge is 0.255 e. The van der Waals surface area contributed by atoms with E-state index in [4.69, 9.17) is 9.40 Å². The van der Waals surface area contributed by atoms with Crippen LogP contribution in [0.5, 0.6) is 0 Å². The van der Waals surface area contributed by atoms with Crippen LogP contribution in [-0.2, 0) is 24.0 Å². The number of carbonyl (C=O) groups is 1. The first-order valence-corrected chi connectivity index (χ1v) is 16.0. The number of aryl methyl sites for hydroxylation is 2. The summed E-state index contributed by atoms with van der Waals surface area (Å²) in [6, 6.07) is 23.5. The summed E-state index contributed by atoms with van der Waals surface area (Å²) in [6.45, 7) is 0.796. The fraction of sp³-hybridized carbons (Fsp3) is 0.171. The predicted molar refractivity (Wildman–Crippen MR) is 175 cm³/mol. The highest BCUT2D eigenvalue weighted by atomic mass is 32.2. The molecule has 1 aliphatic rings. The highest BCUT2D eigenvalue weighted by Crippen LogP contribution is 2.42. The number of halogens is 1. The van der Waals surface area contributed by atoms with Crippen molar-refractivity contribution >= 4 is 44.5 Å². The molecule has 224 valence electrons. The number of nitriles is 1. The molecule has 45 heavy (non-hydrogen) atoms. The second-order valence-corrected chi connectivity index (χ2v) is 12.4. The summed E-state index contributed by atoms with van der Waals surface area (Å²) in [7, 11) is 1.89. The third kappa shape index (κ3) is 4.67. The topological polar surface area (TPSA) is 104 Å². The SMILES string of the molecule is CNC(=O)c1c(-c2ccc(F)cc2)oc2cc(N(C)S(C)=O)c(-c3ccc4c(n3)-c3cc5c(C#N)cccc5n3CCC4)cc12. The van der Waals surface area contributed by atoms with Crippen LogP contribution in [0.3, 0.4) is 0 Å². The number of fused-ring (bicyclic) bond motifs is 6. The van der Waals surface area contributed by atoms with Crippen molar-refractivity contribution in [1.29, 1.82) is 5.26 Å². The lowest BCUT2D eigenvalue weighted by molar-refractivity contribution is 0.0964. The highest BCUT2D eigenvalue weighted by molar-refractivity contribution is 7.85. The Morgan fingerprint density at radius 1 is 1.11 bits per heavy atom. The summed E-state index contributed by atoms with van der Waals surface area (Å²) in [4.78, 5) is 18.5. The highest BCUT2D eigenvalue weighted by Gasteiger charge is 2.26. The van der Waals surface area contributed by atoms with Crippen LogP contribution in [0, 0.1) is 17.1 Å². The number of carbonyl (C=O) groups excluding carboxylic acids is 1. The average Bonchev–Trinajstić information content (AvgIpc) is 3.56. The zero-order valence-corrected chi connectivity index (χ0v) is 25.7. The van der Waals surface area contributed by atoms with Crippen molar-refractivity contribution in [1.82, 2.24) is 14.9 Å². The lowest BCUT2D eigenvalue weighted by Crippen LogP contribution is -2.20. The van der Waals surface area contributed by atoms with Crippen LogP contribution in [0.15, 0.2) is 77.2 Å². The number of hydrogen-bond donors (Lipinski definition) is 1. The molecule has 7 rings (SSSR count). The minimum absolute atomic E-state index is 0.306. The van der Waals surface area contributed by atoms with Crippen molar-refractivity contribution in [3.05, 3.63) is 95.3 Å². The Kier molecular flexibility index (Phi) is 6.98. The Balaban J connectivity index is 1.49. The minimum Gasteiger partial charge on any atom is -0.455 e. The van der Waals surface area contributed by atoms with Crippen molar-refractivity contribution in [2.24, 2.45) is 0 Å². The molecule has 10 heteroatoms. The van der Waals surface area contributed by atoms with Gasteiger partial charge in [-0.05, 0) is 73.0 Å². The van der Waals surface area contributed by atoms with E-state index in [9.17, 15) is 18.7 Å².